The van der Waals surface area contributed by atoms with Gasteiger partial charge in [0.1, 0.15) is 4.21 Å². The van der Waals surface area contributed by atoms with Gasteiger partial charge >= 0.3 is 0 Å². The Kier molecular flexibility index (Phi) is 5.78. The molecule has 1 aromatic heterocycles. The highest BCUT2D eigenvalue weighted by Crippen LogP contribution is 2.29. The number of rotatable bonds is 5. The number of thiophene rings is 1. The summed E-state index contributed by atoms with van der Waals surface area (Å²) in [5.41, 5.74) is 0.651. The summed E-state index contributed by atoms with van der Waals surface area (Å²) in [6.45, 7) is 0.457. The highest BCUT2D eigenvalue weighted by molar-refractivity contribution is 7.91. The number of nitrogens with zero attached hydrogens (tertiary/aromatic N) is 1. The second kappa shape index (κ2) is 7.86. The van der Waals surface area contributed by atoms with Gasteiger partial charge in [0.15, 0.2) is 0 Å². The summed E-state index contributed by atoms with van der Waals surface area (Å²) >= 11 is 7.04. The predicted octanol–water partition coefficient (Wildman–Crippen LogP) is 3.97. The molecule has 1 N–H and O–H groups in total. The number of amides is 1. The lowest BCUT2D eigenvalue weighted by Gasteiger charge is -2.34. The number of carbonyl (C=O) groups is 1. The zero-order chi connectivity index (χ0) is 17.9. The largest absolute Gasteiger partial charge is 0.326 e. The number of carbonyl (C=O) groups excluding carboxylic acids is 1. The number of hydrogen-bond donors (Lipinski definition) is 1. The highest BCUT2D eigenvalue weighted by Gasteiger charge is 2.35. The average molecular weight is 399 g/mol. The lowest BCUT2D eigenvalue weighted by molar-refractivity contribution is -0.117. The SMILES string of the molecule is O=C(C[C@@H]1CCCCN1S(=O)(=O)c1cccs1)Nc1ccc(Cl)cc1. The number of benzene rings is 1. The first-order valence-corrected chi connectivity index (χ1v) is 10.8. The molecule has 1 amide bonds. The molecule has 1 aromatic carbocycles. The van der Waals surface area contributed by atoms with Crippen molar-refractivity contribution in [2.45, 2.75) is 35.9 Å². The van der Waals surface area contributed by atoms with Gasteiger partial charge in [-0.3, -0.25) is 4.79 Å². The molecular formula is C17H19ClN2O3S2. The number of nitrogens with one attached hydrogen (secondary N) is 1. The van der Waals surface area contributed by atoms with Crippen LogP contribution < -0.4 is 5.32 Å². The molecular weight excluding hydrogens is 380 g/mol. The van der Waals surface area contributed by atoms with Crippen LogP contribution in [0.2, 0.25) is 5.02 Å². The Labute approximate surface area is 156 Å². The van der Waals surface area contributed by atoms with Crippen LogP contribution >= 0.6 is 22.9 Å². The molecule has 2 heterocycles. The first-order valence-electron chi connectivity index (χ1n) is 8.07. The molecule has 0 aliphatic carbocycles. The van der Waals surface area contributed by atoms with E-state index in [1.165, 1.54) is 15.6 Å². The maximum Gasteiger partial charge on any atom is 0.252 e. The predicted molar refractivity (Wildman–Crippen MR) is 101 cm³/mol. The summed E-state index contributed by atoms with van der Waals surface area (Å²) in [7, 11) is -3.54. The van der Waals surface area contributed by atoms with Gasteiger partial charge in [0.05, 0.1) is 0 Å². The van der Waals surface area contributed by atoms with Crippen LogP contribution in [0, 0.1) is 0 Å². The van der Waals surface area contributed by atoms with Crippen LogP contribution in [-0.2, 0) is 14.8 Å². The molecule has 0 unspecified atom stereocenters. The number of halogens is 1. The first-order chi connectivity index (χ1) is 12.0. The van der Waals surface area contributed by atoms with Gasteiger partial charge in [0.2, 0.25) is 5.91 Å². The van der Waals surface area contributed by atoms with E-state index in [4.69, 9.17) is 11.6 Å². The van der Waals surface area contributed by atoms with Crippen molar-refractivity contribution in [3.8, 4) is 0 Å². The van der Waals surface area contributed by atoms with Gasteiger partial charge in [-0.1, -0.05) is 24.1 Å². The van der Waals surface area contributed by atoms with Gasteiger partial charge in [0, 0.05) is 29.7 Å². The van der Waals surface area contributed by atoms with E-state index in [-0.39, 0.29) is 18.4 Å². The third-order valence-corrected chi connectivity index (χ3v) is 7.76. The van der Waals surface area contributed by atoms with Crippen LogP contribution in [0.25, 0.3) is 0 Å². The second-order valence-electron chi connectivity index (χ2n) is 5.96. The van der Waals surface area contributed by atoms with E-state index >= 15 is 0 Å². The van der Waals surface area contributed by atoms with Gasteiger partial charge in [-0.05, 0) is 48.6 Å². The monoisotopic (exact) mass is 398 g/mol. The van der Waals surface area contributed by atoms with Crippen LogP contribution in [0.4, 0.5) is 5.69 Å². The van der Waals surface area contributed by atoms with Crippen LogP contribution in [0.5, 0.6) is 0 Å². The average Bonchev–Trinajstić information content (AvgIpc) is 3.13. The standard InChI is InChI=1S/C17H19ClN2O3S2/c18-13-6-8-14(9-7-13)19-16(21)12-15-4-1-2-10-20(15)25(22,23)17-5-3-11-24-17/h3,5-9,11,15H,1-2,4,10,12H2,(H,19,21)/t15-/m0/s1. The van der Waals surface area contributed by atoms with E-state index in [9.17, 15) is 13.2 Å². The Bertz CT molecular complexity index is 820. The molecule has 25 heavy (non-hydrogen) atoms. The summed E-state index contributed by atoms with van der Waals surface area (Å²) in [6, 6.07) is 9.87. The van der Waals surface area contributed by atoms with E-state index in [1.54, 1.807) is 41.8 Å². The van der Waals surface area contributed by atoms with Crippen molar-refractivity contribution in [1.82, 2.24) is 4.31 Å². The fourth-order valence-electron chi connectivity index (χ4n) is 2.98. The zero-order valence-electron chi connectivity index (χ0n) is 13.5. The lowest BCUT2D eigenvalue weighted by atomic mass is 10.0. The van der Waals surface area contributed by atoms with Gasteiger partial charge in [0.25, 0.3) is 10.0 Å². The quantitative estimate of drug-likeness (QED) is 0.828. The minimum absolute atomic E-state index is 0.146. The molecule has 5 nitrogen and oxygen atoms in total. The van der Waals surface area contributed by atoms with Gasteiger partial charge in [-0.25, -0.2) is 8.42 Å². The molecule has 0 saturated carbocycles. The van der Waals surface area contributed by atoms with E-state index < -0.39 is 10.0 Å². The molecule has 8 heteroatoms. The Balaban J connectivity index is 1.71. The minimum atomic E-state index is -3.54. The van der Waals surface area contributed by atoms with Gasteiger partial charge in [-0.2, -0.15) is 4.31 Å². The molecule has 0 bridgehead atoms. The number of anilines is 1. The third-order valence-electron chi connectivity index (χ3n) is 4.18. The summed E-state index contributed by atoms with van der Waals surface area (Å²) < 4.78 is 27.5. The van der Waals surface area contributed by atoms with Crippen molar-refractivity contribution in [2.24, 2.45) is 0 Å². The van der Waals surface area contributed by atoms with Crippen molar-refractivity contribution in [3.05, 3.63) is 46.8 Å². The fourth-order valence-corrected chi connectivity index (χ4v) is 5.92. The van der Waals surface area contributed by atoms with Crippen molar-refractivity contribution in [1.29, 1.82) is 0 Å². The molecule has 3 rings (SSSR count). The Morgan fingerprint density at radius 1 is 1.24 bits per heavy atom. The number of hydrogen-bond acceptors (Lipinski definition) is 4. The zero-order valence-corrected chi connectivity index (χ0v) is 15.9. The fraction of sp³-hybridized carbons (Fsp3) is 0.353. The van der Waals surface area contributed by atoms with Crippen LogP contribution in [0.1, 0.15) is 25.7 Å². The molecule has 1 saturated heterocycles. The molecule has 2 aromatic rings. The van der Waals surface area contributed by atoms with Crippen molar-refractivity contribution >= 4 is 44.6 Å². The molecule has 0 radical (unpaired) electrons. The molecule has 134 valence electrons. The topological polar surface area (TPSA) is 66.5 Å². The maximum atomic E-state index is 12.8. The van der Waals surface area contributed by atoms with Crippen molar-refractivity contribution < 1.29 is 13.2 Å². The smallest absolute Gasteiger partial charge is 0.252 e. The summed E-state index contributed by atoms with van der Waals surface area (Å²) in [5.74, 6) is -0.194. The highest BCUT2D eigenvalue weighted by atomic mass is 35.5. The lowest BCUT2D eigenvalue weighted by Crippen LogP contribution is -2.45. The molecule has 1 atom stereocenters. The minimum Gasteiger partial charge on any atom is -0.326 e. The van der Waals surface area contributed by atoms with E-state index in [1.807, 2.05) is 0 Å². The summed E-state index contributed by atoms with van der Waals surface area (Å²) in [4.78, 5) is 12.4. The normalized spacial score (nSPS) is 18.8. The molecule has 1 aliphatic heterocycles. The van der Waals surface area contributed by atoms with E-state index in [0.717, 1.165) is 12.8 Å². The number of piperidine rings is 1. The van der Waals surface area contributed by atoms with Crippen LogP contribution in [0.3, 0.4) is 0 Å². The van der Waals surface area contributed by atoms with Crippen LogP contribution in [-0.4, -0.2) is 31.2 Å². The summed E-state index contributed by atoms with van der Waals surface area (Å²) in [6.07, 6.45) is 2.58. The summed E-state index contributed by atoms with van der Waals surface area (Å²) in [5, 5.41) is 5.15. The second-order valence-corrected chi connectivity index (χ2v) is 9.46. The first kappa shape index (κ1) is 18.4. The molecule has 1 fully saturated rings. The van der Waals surface area contributed by atoms with E-state index in [0.29, 0.717) is 27.9 Å². The van der Waals surface area contributed by atoms with Crippen molar-refractivity contribution in [2.75, 3.05) is 11.9 Å². The molecule has 0 spiro atoms. The maximum absolute atomic E-state index is 12.8. The van der Waals surface area contributed by atoms with Gasteiger partial charge < -0.3 is 5.32 Å². The Hall–Kier alpha value is -1.41. The molecule has 1 aliphatic rings. The van der Waals surface area contributed by atoms with Crippen molar-refractivity contribution in [3.63, 3.8) is 0 Å². The van der Waals surface area contributed by atoms with E-state index in [2.05, 4.69) is 5.32 Å². The van der Waals surface area contributed by atoms with Crippen LogP contribution in [0.15, 0.2) is 46.0 Å². The van der Waals surface area contributed by atoms with Gasteiger partial charge in [-0.15, -0.1) is 11.3 Å². The Morgan fingerprint density at radius 3 is 2.68 bits per heavy atom. The third kappa shape index (κ3) is 4.41. The number of sulfonamides is 1. The Morgan fingerprint density at radius 2 is 2.00 bits per heavy atom.